The van der Waals surface area contributed by atoms with Crippen molar-refractivity contribution >= 4 is 13.9 Å². The molecule has 0 bridgehead atoms. The topological polar surface area (TPSA) is 38.3 Å². The molecule has 1 aliphatic heterocycles. The van der Waals surface area contributed by atoms with E-state index in [2.05, 4.69) is 10.1 Å². The van der Waals surface area contributed by atoms with Gasteiger partial charge in [-0.3, -0.25) is 0 Å². The van der Waals surface area contributed by atoms with Crippen LogP contribution in [0.2, 0.25) is 6.32 Å². The molecule has 0 aliphatic carbocycles. The van der Waals surface area contributed by atoms with Crippen LogP contribution in [0.1, 0.15) is 0 Å². The number of nitrogens with one attached hydrogen (secondary N) is 1. The Bertz CT molecular complexity index is 106. The molecule has 1 saturated heterocycles. The van der Waals surface area contributed by atoms with E-state index in [9.17, 15) is 4.79 Å². The van der Waals surface area contributed by atoms with Gasteiger partial charge in [-0.2, -0.15) is 0 Å². The van der Waals surface area contributed by atoms with E-state index in [4.69, 9.17) is 7.85 Å². The van der Waals surface area contributed by atoms with Crippen LogP contribution < -0.4 is 5.32 Å². The third-order valence-corrected chi connectivity index (χ3v) is 1.02. The van der Waals surface area contributed by atoms with E-state index < -0.39 is 0 Å². The van der Waals surface area contributed by atoms with Gasteiger partial charge in [0.2, 0.25) is 0 Å². The number of rotatable bonds is 1. The van der Waals surface area contributed by atoms with Crippen LogP contribution in [0.25, 0.3) is 0 Å². The summed E-state index contributed by atoms with van der Waals surface area (Å²) in [6.07, 6.45) is 0.0894. The molecule has 0 aromatic carbocycles. The molecular weight excluding hydrogens is 105 g/mol. The second-order valence-corrected chi connectivity index (χ2v) is 1.68. The Morgan fingerprint density at radius 3 is 3.00 bits per heavy atom. The van der Waals surface area contributed by atoms with Gasteiger partial charge in [-0.15, -0.1) is 0 Å². The van der Waals surface area contributed by atoms with E-state index in [0.29, 0.717) is 12.9 Å². The third-order valence-electron chi connectivity index (χ3n) is 1.02. The molecule has 2 radical (unpaired) electrons. The quantitative estimate of drug-likeness (QED) is 0.471. The summed E-state index contributed by atoms with van der Waals surface area (Å²) in [5.74, 6) is 0. The van der Waals surface area contributed by atoms with Crippen LogP contribution in [0.15, 0.2) is 0 Å². The summed E-state index contributed by atoms with van der Waals surface area (Å²) in [5, 5.41) is 2.52. The van der Waals surface area contributed by atoms with Crippen molar-refractivity contribution in [2.45, 2.75) is 12.4 Å². The Labute approximate surface area is 48.8 Å². The van der Waals surface area contributed by atoms with E-state index in [1.807, 2.05) is 0 Å². The van der Waals surface area contributed by atoms with Crippen LogP contribution in [-0.2, 0) is 4.74 Å². The zero-order valence-electron chi connectivity index (χ0n) is 4.39. The molecule has 4 heteroatoms. The number of amides is 1. The van der Waals surface area contributed by atoms with Crippen LogP contribution in [0.3, 0.4) is 0 Å². The summed E-state index contributed by atoms with van der Waals surface area (Å²) >= 11 is 0. The number of carbonyl (C=O) groups excluding carboxylic acids is 1. The fraction of sp³-hybridized carbons (Fsp3) is 0.750. The van der Waals surface area contributed by atoms with Crippen molar-refractivity contribution in [2.75, 3.05) is 6.61 Å². The molecule has 0 unspecified atom stereocenters. The molecule has 0 spiro atoms. The Balaban J connectivity index is 2.32. The van der Waals surface area contributed by atoms with E-state index in [0.717, 1.165) is 0 Å². The maximum atomic E-state index is 10.2. The van der Waals surface area contributed by atoms with Crippen molar-refractivity contribution in [1.29, 1.82) is 0 Å². The van der Waals surface area contributed by atoms with Gasteiger partial charge < -0.3 is 10.1 Å². The highest BCUT2D eigenvalue weighted by atomic mass is 16.6. The zero-order chi connectivity index (χ0) is 5.98. The lowest BCUT2D eigenvalue weighted by Gasteiger charge is -1.98. The van der Waals surface area contributed by atoms with Gasteiger partial charge in [0.15, 0.2) is 0 Å². The molecule has 1 amide bonds. The van der Waals surface area contributed by atoms with Gasteiger partial charge in [-0.1, -0.05) is 6.32 Å². The number of ether oxygens (including phenoxy) is 1. The van der Waals surface area contributed by atoms with Crippen LogP contribution in [-0.4, -0.2) is 26.6 Å². The smallest absolute Gasteiger partial charge is 0.407 e. The van der Waals surface area contributed by atoms with Crippen molar-refractivity contribution in [2.24, 2.45) is 0 Å². The molecule has 1 N–H and O–H groups in total. The normalized spacial score (nSPS) is 27.0. The molecule has 0 aromatic rings. The second-order valence-electron chi connectivity index (χ2n) is 1.68. The highest BCUT2D eigenvalue weighted by molar-refractivity contribution is 6.09. The lowest BCUT2D eigenvalue weighted by atomic mass is 9.99. The fourth-order valence-electron chi connectivity index (χ4n) is 0.553. The standard InChI is InChI=1S/C4H6BNO2/c5-1-3-2-8-4(7)6-3/h3H,1-2H2,(H,6,7)/t3-/m0/s1. The first-order chi connectivity index (χ1) is 3.83. The Morgan fingerprint density at radius 1 is 2.00 bits per heavy atom. The van der Waals surface area contributed by atoms with E-state index in [-0.39, 0.29) is 12.1 Å². The molecule has 1 atom stereocenters. The minimum absolute atomic E-state index is 0.0301. The monoisotopic (exact) mass is 111 g/mol. The first kappa shape index (κ1) is 5.47. The molecule has 1 heterocycles. The number of hydrogen-bond acceptors (Lipinski definition) is 2. The molecule has 1 aliphatic rings. The third kappa shape index (κ3) is 0.939. The Morgan fingerprint density at radius 2 is 2.75 bits per heavy atom. The molecule has 0 saturated carbocycles. The van der Waals surface area contributed by atoms with Gasteiger partial charge in [-0.05, 0) is 0 Å². The second kappa shape index (κ2) is 2.07. The van der Waals surface area contributed by atoms with E-state index >= 15 is 0 Å². The summed E-state index contributed by atoms with van der Waals surface area (Å²) in [7, 11) is 5.20. The molecule has 0 aromatic heterocycles. The number of alkyl carbamates (subject to hydrolysis) is 1. The minimum atomic E-state index is -0.361. The largest absolute Gasteiger partial charge is 0.447 e. The summed E-state index contributed by atoms with van der Waals surface area (Å²) in [5.41, 5.74) is 0. The van der Waals surface area contributed by atoms with Crippen LogP contribution >= 0.6 is 0 Å². The van der Waals surface area contributed by atoms with Crippen molar-refractivity contribution in [3.05, 3.63) is 0 Å². The van der Waals surface area contributed by atoms with E-state index in [1.165, 1.54) is 0 Å². The SMILES string of the molecule is [B]C[C@H]1COC(=O)N1. The lowest BCUT2D eigenvalue weighted by Crippen LogP contribution is -2.25. The first-order valence-electron chi connectivity index (χ1n) is 2.46. The summed E-state index contributed by atoms with van der Waals surface area (Å²) < 4.78 is 4.53. The Kier molecular flexibility index (Phi) is 1.42. The van der Waals surface area contributed by atoms with Crippen LogP contribution in [0.4, 0.5) is 4.79 Å². The first-order valence-corrected chi connectivity index (χ1v) is 2.46. The predicted molar refractivity (Wildman–Crippen MR) is 28.8 cm³/mol. The minimum Gasteiger partial charge on any atom is -0.447 e. The van der Waals surface area contributed by atoms with Gasteiger partial charge in [0, 0.05) is 0 Å². The summed E-state index contributed by atoms with van der Waals surface area (Å²) in [6.45, 7) is 0.412. The molecule has 1 rings (SSSR count). The average molecular weight is 111 g/mol. The lowest BCUT2D eigenvalue weighted by molar-refractivity contribution is 0.177. The zero-order valence-corrected chi connectivity index (χ0v) is 4.39. The molecule has 3 nitrogen and oxygen atoms in total. The summed E-state index contributed by atoms with van der Waals surface area (Å²) in [4.78, 5) is 10.2. The number of carbonyl (C=O) groups is 1. The highest BCUT2D eigenvalue weighted by Gasteiger charge is 2.18. The van der Waals surface area contributed by atoms with Gasteiger partial charge in [-0.25, -0.2) is 4.79 Å². The fourth-order valence-corrected chi connectivity index (χ4v) is 0.553. The van der Waals surface area contributed by atoms with Gasteiger partial charge in [0.1, 0.15) is 6.61 Å². The van der Waals surface area contributed by atoms with Gasteiger partial charge in [0.05, 0.1) is 13.9 Å². The molecule has 1 fully saturated rings. The van der Waals surface area contributed by atoms with Crippen molar-refractivity contribution in [1.82, 2.24) is 5.32 Å². The molecular formula is C4H6BNO2. The van der Waals surface area contributed by atoms with Crippen molar-refractivity contribution in [3.63, 3.8) is 0 Å². The maximum absolute atomic E-state index is 10.2. The molecule has 8 heavy (non-hydrogen) atoms. The number of hydrogen-bond donors (Lipinski definition) is 1. The number of cyclic esters (lactones) is 1. The van der Waals surface area contributed by atoms with Crippen molar-refractivity contribution < 1.29 is 9.53 Å². The van der Waals surface area contributed by atoms with Crippen LogP contribution in [0.5, 0.6) is 0 Å². The maximum Gasteiger partial charge on any atom is 0.407 e. The van der Waals surface area contributed by atoms with Gasteiger partial charge >= 0.3 is 6.09 Å². The van der Waals surface area contributed by atoms with Crippen LogP contribution in [0, 0.1) is 0 Å². The van der Waals surface area contributed by atoms with E-state index in [1.54, 1.807) is 0 Å². The van der Waals surface area contributed by atoms with Gasteiger partial charge in [0.25, 0.3) is 0 Å². The highest BCUT2D eigenvalue weighted by Crippen LogP contribution is 1.98. The predicted octanol–water partition coefficient (Wildman–Crippen LogP) is -0.318. The van der Waals surface area contributed by atoms with Crippen molar-refractivity contribution in [3.8, 4) is 0 Å². The Hall–Kier alpha value is -0.665. The average Bonchev–Trinajstić information content (AvgIpc) is 2.14. The molecule has 42 valence electrons. The summed E-state index contributed by atoms with van der Waals surface area (Å²) in [6, 6.07) is 0.0301.